The summed E-state index contributed by atoms with van der Waals surface area (Å²) >= 11 is 5.78. The minimum Gasteiger partial charge on any atom is -0.454 e. The Bertz CT molecular complexity index is 843. The van der Waals surface area contributed by atoms with Gasteiger partial charge in [-0.25, -0.2) is 4.79 Å². The second-order valence-corrected chi connectivity index (χ2v) is 4.89. The summed E-state index contributed by atoms with van der Waals surface area (Å²) in [4.78, 5) is 47.5. The molecule has 1 aromatic carbocycles. The molecule has 1 heterocycles. The van der Waals surface area contributed by atoms with Gasteiger partial charge in [0.15, 0.2) is 6.61 Å². The smallest absolute Gasteiger partial charge is 0.328 e. The first kappa shape index (κ1) is 16.5. The molecule has 2 rings (SSSR count). The Hall–Kier alpha value is -2.87. The topological polar surface area (TPSA) is 110 Å². The number of anilines is 1. The first-order valence-electron chi connectivity index (χ1n) is 6.45. The molecule has 0 aliphatic heterocycles. The minimum atomic E-state index is -0.791. The highest BCUT2D eigenvalue weighted by Gasteiger charge is 2.10. The highest BCUT2D eigenvalue weighted by Crippen LogP contribution is 2.14. The van der Waals surface area contributed by atoms with Crippen LogP contribution in [0.3, 0.4) is 0 Å². The summed E-state index contributed by atoms with van der Waals surface area (Å²) in [5.41, 5.74) is -0.839. The van der Waals surface area contributed by atoms with Crippen molar-refractivity contribution in [1.29, 1.82) is 0 Å². The van der Waals surface area contributed by atoms with Crippen LogP contribution in [0, 0.1) is 0 Å². The molecule has 0 saturated heterocycles. The van der Waals surface area contributed by atoms with Crippen LogP contribution >= 0.6 is 11.6 Å². The fraction of sp³-hybridized carbons (Fsp3) is 0.143. The Kier molecular flexibility index (Phi) is 5.32. The Labute approximate surface area is 134 Å². The molecule has 23 heavy (non-hydrogen) atoms. The van der Waals surface area contributed by atoms with Crippen molar-refractivity contribution < 1.29 is 14.3 Å². The zero-order valence-corrected chi connectivity index (χ0v) is 12.5. The van der Waals surface area contributed by atoms with Crippen molar-refractivity contribution in [3.63, 3.8) is 0 Å². The molecule has 0 aliphatic carbocycles. The molecule has 0 atom stereocenters. The molecule has 1 aromatic heterocycles. The van der Waals surface area contributed by atoms with Gasteiger partial charge >= 0.3 is 11.7 Å². The number of aromatic amines is 1. The van der Waals surface area contributed by atoms with Gasteiger partial charge in [0.2, 0.25) is 0 Å². The molecule has 0 spiro atoms. The van der Waals surface area contributed by atoms with E-state index in [0.29, 0.717) is 10.7 Å². The van der Waals surface area contributed by atoms with Crippen molar-refractivity contribution in [1.82, 2.24) is 9.55 Å². The number of nitrogens with zero attached hydrogens (tertiary/aromatic N) is 1. The Balaban J connectivity index is 1.85. The minimum absolute atomic E-state index is 0.417. The molecule has 9 heteroatoms. The van der Waals surface area contributed by atoms with E-state index in [-0.39, 0.29) is 0 Å². The molecule has 2 aromatic rings. The normalized spacial score (nSPS) is 10.1. The highest BCUT2D eigenvalue weighted by atomic mass is 35.5. The number of aromatic nitrogens is 2. The molecule has 0 aliphatic rings. The average Bonchev–Trinajstić information content (AvgIpc) is 2.48. The summed E-state index contributed by atoms with van der Waals surface area (Å²) in [7, 11) is 0. The number of carbonyl (C=O) groups excluding carboxylic acids is 2. The van der Waals surface area contributed by atoms with Crippen LogP contribution in [-0.4, -0.2) is 28.0 Å². The Morgan fingerprint density at radius 1 is 1.26 bits per heavy atom. The standard InChI is InChI=1S/C14H12ClN3O5/c15-9-2-1-3-10(6-9)16-12(20)8-23-13(21)7-18-5-4-11(19)17-14(18)22/h1-6H,7-8H2,(H,16,20)(H,17,19,22). The molecule has 2 N–H and O–H groups in total. The third-order valence-corrected chi connectivity index (χ3v) is 2.90. The van der Waals surface area contributed by atoms with Gasteiger partial charge < -0.3 is 10.1 Å². The number of nitrogens with one attached hydrogen (secondary N) is 2. The van der Waals surface area contributed by atoms with E-state index in [0.717, 1.165) is 16.8 Å². The number of ether oxygens (including phenoxy) is 1. The molecule has 0 fully saturated rings. The van der Waals surface area contributed by atoms with E-state index >= 15 is 0 Å². The number of halogens is 1. The average molecular weight is 338 g/mol. The van der Waals surface area contributed by atoms with E-state index in [2.05, 4.69) is 5.32 Å². The van der Waals surface area contributed by atoms with E-state index in [1.807, 2.05) is 4.98 Å². The summed E-state index contributed by atoms with van der Waals surface area (Å²) in [5.74, 6) is -1.34. The first-order chi connectivity index (χ1) is 10.9. The van der Waals surface area contributed by atoms with Gasteiger partial charge in [-0.3, -0.25) is 23.9 Å². The monoisotopic (exact) mass is 337 g/mol. The van der Waals surface area contributed by atoms with Gasteiger partial charge in [-0.1, -0.05) is 17.7 Å². The number of esters is 1. The van der Waals surface area contributed by atoms with Crippen molar-refractivity contribution in [2.24, 2.45) is 0 Å². The highest BCUT2D eigenvalue weighted by molar-refractivity contribution is 6.30. The van der Waals surface area contributed by atoms with Crippen LogP contribution in [0.4, 0.5) is 5.69 Å². The number of H-pyrrole nitrogens is 1. The Morgan fingerprint density at radius 2 is 2.04 bits per heavy atom. The fourth-order valence-electron chi connectivity index (χ4n) is 1.66. The lowest BCUT2D eigenvalue weighted by Crippen LogP contribution is -2.32. The molecular weight excluding hydrogens is 326 g/mol. The van der Waals surface area contributed by atoms with E-state index in [1.165, 1.54) is 0 Å². The van der Waals surface area contributed by atoms with Gasteiger partial charge in [0.1, 0.15) is 6.54 Å². The molecule has 8 nitrogen and oxygen atoms in total. The number of amides is 1. The van der Waals surface area contributed by atoms with Crippen molar-refractivity contribution in [2.75, 3.05) is 11.9 Å². The zero-order chi connectivity index (χ0) is 16.8. The summed E-state index contributed by atoms with van der Waals surface area (Å²) in [6, 6.07) is 7.58. The molecule has 0 bridgehead atoms. The third kappa shape index (κ3) is 5.11. The van der Waals surface area contributed by atoms with Gasteiger partial charge in [0.05, 0.1) is 0 Å². The van der Waals surface area contributed by atoms with Crippen LogP contribution in [0.5, 0.6) is 0 Å². The lowest BCUT2D eigenvalue weighted by atomic mass is 10.3. The van der Waals surface area contributed by atoms with E-state index in [9.17, 15) is 19.2 Å². The van der Waals surface area contributed by atoms with Crippen LogP contribution in [-0.2, 0) is 20.9 Å². The van der Waals surface area contributed by atoms with Crippen molar-refractivity contribution in [3.05, 3.63) is 62.4 Å². The number of hydrogen-bond acceptors (Lipinski definition) is 5. The van der Waals surface area contributed by atoms with E-state index < -0.39 is 36.3 Å². The summed E-state index contributed by atoms with van der Waals surface area (Å²) < 4.78 is 5.72. The number of rotatable bonds is 5. The van der Waals surface area contributed by atoms with Crippen LogP contribution in [0.1, 0.15) is 0 Å². The second kappa shape index (κ2) is 7.41. The van der Waals surface area contributed by atoms with Crippen molar-refractivity contribution in [3.8, 4) is 0 Å². The molecular formula is C14H12ClN3O5. The Morgan fingerprint density at radius 3 is 2.74 bits per heavy atom. The first-order valence-corrected chi connectivity index (χ1v) is 6.82. The maximum atomic E-state index is 11.6. The van der Waals surface area contributed by atoms with Gasteiger partial charge in [-0.2, -0.15) is 0 Å². The summed E-state index contributed by atoms with van der Waals surface area (Å²) in [6.07, 6.45) is 1.16. The fourth-order valence-corrected chi connectivity index (χ4v) is 1.85. The molecule has 0 saturated carbocycles. The molecule has 0 unspecified atom stereocenters. The van der Waals surface area contributed by atoms with Crippen molar-refractivity contribution in [2.45, 2.75) is 6.54 Å². The largest absolute Gasteiger partial charge is 0.454 e. The van der Waals surface area contributed by atoms with E-state index in [1.54, 1.807) is 24.3 Å². The molecule has 0 radical (unpaired) electrons. The molecule has 1 amide bonds. The lowest BCUT2D eigenvalue weighted by Gasteiger charge is -2.07. The van der Waals surface area contributed by atoms with E-state index in [4.69, 9.17) is 16.3 Å². The predicted octanol–water partition coefficient (Wildman–Crippen LogP) is 0.372. The van der Waals surface area contributed by atoms with Gasteiger partial charge in [-0.15, -0.1) is 0 Å². The summed E-state index contributed by atoms with van der Waals surface area (Å²) in [5, 5.41) is 2.96. The van der Waals surface area contributed by atoms with Gasteiger partial charge in [-0.05, 0) is 18.2 Å². The van der Waals surface area contributed by atoms with Crippen LogP contribution < -0.4 is 16.6 Å². The zero-order valence-electron chi connectivity index (χ0n) is 11.7. The van der Waals surface area contributed by atoms with Crippen LogP contribution in [0.2, 0.25) is 5.02 Å². The van der Waals surface area contributed by atoms with Crippen LogP contribution in [0.25, 0.3) is 0 Å². The van der Waals surface area contributed by atoms with Crippen molar-refractivity contribution >= 4 is 29.2 Å². The quantitative estimate of drug-likeness (QED) is 0.766. The lowest BCUT2D eigenvalue weighted by molar-refractivity contribution is -0.148. The SMILES string of the molecule is O=C(COC(=O)Cn1ccc(=O)[nH]c1=O)Nc1cccc(Cl)c1. The van der Waals surface area contributed by atoms with Gasteiger partial charge in [0, 0.05) is 23.0 Å². The number of carbonyl (C=O) groups is 2. The predicted molar refractivity (Wildman–Crippen MR) is 82.4 cm³/mol. The summed E-state index contributed by atoms with van der Waals surface area (Å²) in [6.45, 7) is -0.927. The maximum absolute atomic E-state index is 11.6. The van der Waals surface area contributed by atoms with Gasteiger partial charge in [0.25, 0.3) is 11.5 Å². The third-order valence-electron chi connectivity index (χ3n) is 2.67. The number of hydrogen-bond donors (Lipinski definition) is 2. The van der Waals surface area contributed by atoms with Crippen LogP contribution in [0.15, 0.2) is 46.1 Å². The molecule has 120 valence electrons. The number of benzene rings is 1. The second-order valence-electron chi connectivity index (χ2n) is 4.46. The maximum Gasteiger partial charge on any atom is 0.328 e.